The molecule has 2 N–H and O–H groups in total. The second kappa shape index (κ2) is 8.43. The summed E-state index contributed by atoms with van der Waals surface area (Å²) in [7, 11) is 0. The average Bonchev–Trinajstić information content (AvgIpc) is 3.25. The number of hydrogen-bond acceptors (Lipinski definition) is 4. The highest BCUT2D eigenvalue weighted by atomic mass is 16.5. The summed E-state index contributed by atoms with van der Waals surface area (Å²) in [5, 5.41) is 12.4. The molecule has 7 nitrogen and oxygen atoms in total. The fourth-order valence-electron chi connectivity index (χ4n) is 4.51. The van der Waals surface area contributed by atoms with E-state index in [1.165, 1.54) is 4.90 Å². The van der Waals surface area contributed by atoms with E-state index in [-0.39, 0.29) is 24.5 Å². The average molecular weight is 402 g/mol. The van der Waals surface area contributed by atoms with Gasteiger partial charge < -0.3 is 20.1 Å². The van der Waals surface area contributed by atoms with Crippen LogP contribution in [0, 0.1) is 11.3 Å². The number of nitrogens with zero attached hydrogens (tertiary/aromatic N) is 1. The van der Waals surface area contributed by atoms with Crippen molar-refractivity contribution in [2.75, 3.05) is 0 Å². The highest BCUT2D eigenvalue weighted by Gasteiger charge is 2.51. The van der Waals surface area contributed by atoms with Crippen molar-refractivity contribution in [3.63, 3.8) is 0 Å². The molecule has 0 spiro atoms. The standard InChI is InChI=1S/C22H30N2O5/c1-22(2,3)18(23-21(28)29-13-14-8-5-4-6-9-14)19(25)24-16-11-7-10-15(16)12-17(24)20(26)27/h4-6,8-9,15-18H,7,10-13H2,1-3H3,(H,23,28)(H,26,27)/t15-,16-,17-,18?/m0/s1. The minimum Gasteiger partial charge on any atom is -0.480 e. The number of hydrogen-bond donors (Lipinski definition) is 2. The van der Waals surface area contributed by atoms with Crippen molar-refractivity contribution in [1.29, 1.82) is 0 Å². The Labute approximate surface area is 171 Å². The Morgan fingerprint density at radius 1 is 1.21 bits per heavy atom. The van der Waals surface area contributed by atoms with Gasteiger partial charge in [-0.1, -0.05) is 57.5 Å². The van der Waals surface area contributed by atoms with Crippen LogP contribution in [-0.2, 0) is 20.9 Å². The molecule has 1 aliphatic carbocycles. The van der Waals surface area contributed by atoms with Crippen LogP contribution < -0.4 is 5.32 Å². The van der Waals surface area contributed by atoms with Gasteiger partial charge in [0.05, 0.1) is 0 Å². The maximum Gasteiger partial charge on any atom is 0.408 e. The molecule has 0 bridgehead atoms. The van der Waals surface area contributed by atoms with Crippen molar-refractivity contribution in [1.82, 2.24) is 10.2 Å². The summed E-state index contributed by atoms with van der Waals surface area (Å²) < 4.78 is 5.29. The van der Waals surface area contributed by atoms with E-state index < -0.39 is 29.6 Å². The molecule has 0 aromatic heterocycles. The predicted octanol–water partition coefficient (Wildman–Crippen LogP) is 3.18. The third-order valence-electron chi connectivity index (χ3n) is 5.97. The molecule has 1 heterocycles. The number of amides is 2. The first-order valence-electron chi connectivity index (χ1n) is 10.2. The van der Waals surface area contributed by atoms with Crippen LogP contribution in [0.25, 0.3) is 0 Å². The first-order chi connectivity index (χ1) is 13.7. The third-order valence-corrected chi connectivity index (χ3v) is 5.97. The Balaban J connectivity index is 1.73. The summed E-state index contributed by atoms with van der Waals surface area (Å²) >= 11 is 0. The number of carboxylic acids is 1. The minimum atomic E-state index is -0.980. The number of alkyl carbamates (subject to hydrolysis) is 1. The molecule has 7 heteroatoms. The van der Waals surface area contributed by atoms with E-state index in [9.17, 15) is 19.5 Å². The molecule has 1 saturated carbocycles. The maximum absolute atomic E-state index is 13.5. The van der Waals surface area contributed by atoms with Gasteiger partial charge in [0.1, 0.15) is 18.7 Å². The van der Waals surface area contributed by atoms with Crippen LogP contribution in [-0.4, -0.2) is 46.1 Å². The van der Waals surface area contributed by atoms with Crippen LogP contribution in [0.2, 0.25) is 0 Å². The second-order valence-corrected chi connectivity index (χ2v) is 9.10. The van der Waals surface area contributed by atoms with Crippen LogP contribution in [0.4, 0.5) is 4.79 Å². The molecule has 3 rings (SSSR count). The molecule has 1 aliphatic heterocycles. The van der Waals surface area contributed by atoms with E-state index in [2.05, 4.69) is 5.32 Å². The van der Waals surface area contributed by atoms with Crippen molar-refractivity contribution < 1.29 is 24.2 Å². The molecule has 0 radical (unpaired) electrons. The molecule has 158 valence electrons. The van der Waals surface area contributed by atoms with Gasteiger partial charge >= 0.3 is 12.1 Å². The van der Waals surface area contributed by atoms with Crippen molar-refractivity contribution in [3.05, 3.63) is 35.9 Å². The molecule has 2 aliphatic rings. The SMILES string of the molecule is CC(C)(C)C(NC(=O)OCc1ccccc1)C(=O)N1[C@H](C(=O)O)C[C@@H]2CCC[C@@H]21. The fraction of sp³-hybridized carbons (Fsp3) is 0.591. The second-order valence-electron chi connectivity index (χ2n) is 9.10. The number of likely N-dealkylation sites (tertiary alicyclic amines) is 1. The van der Waals surface area contributed by atoms with Crippen LogP contribution in [0.1, 0.15) is 52.0 Å². The van der Waals surface area contributed by atoms with E-state index in [4.69, 9.17) is 4.74 Å². The smallest absolute Gasteiger partial charge is 0.408 e. The van der Waals surface area contributed by atoms with E-state index in [1.807, 2.05) is 51.1 Å². The van der Waals surface area contributed by atoms with Crippen molar-refractivity contribution in [2.45, 2.75) is 71.2 Å². The Kier molecular flexibility index (Phi) is 6.15. The van der Waals surface area contributed by atoms with Crippen molar-refractivity contribution in [2.24, 2.45) is 11.3 Å². The molecule has 1 saturated heterocycles. The Morgan fingerprint density at radius 3 is 2.52 bits per heavy atom. The van der Waals surface area contributed by atoms with Crippen LogP contribution in [0.5, 0.6) is 0 Å². The van der Waals surface area contributed by atoms with Crippen molar-refractivity contribution in [3.8, 4) is 0 Å². The highest BCUT2D eigenvalue weighted by Crippen LogP contribution is 2.42. The Bertz CT molecular complexity index is 758. The van der Waals surface area contributed by atoms with Gasteiger partial charge in [-0.05, 0) is 36.2 Å². The van der Waals surface area contributed by atoms with Gasteiger partial charge in [0.25, 0.3) is 0 Å². The monoisotopic (exact) mass is 402 g/mol. The Hall–Kier alpha value is -2.57. The molecule has 4 atom stereocenters. The van der Waals surface area contributed by atoms with E-state index in [1.54, 1.807) is 0 Å². The maximum atomic E-state index is 13.5. The molecule has 1 aromatic rings. The van der Waals surface area contributed by atoms with Gasteiger partial charge in [0, 0.05) is 6.04 Å². The number of benzene rings is 1. The van der Waals surface area contributed by atoms with Gasteiger partial charge in [0.15, 0.2) is 0 Å². The zero-order valence-corrected chi connectivity index (χ0v) is 17.3. The van der Waals surface area contributed by atoms with Gasteiger partial charge in [-0.15, -0.1) is 0 Å². The largest absolute Gasteiger partial charge is 0.480 e. The zero-order valence-electron chi connectivity index (χ0n) is 17.3. The number of carboxylic acid groups (broad SMARTS) is 1. The molecule has 2 amide bonds. The quantitative estimate of drug-likeness (QED) is 0.789. The van der Waals surface area contributed by atoms with Crippen LogP contribution in [0.15, 0.2) is 30.3 Å². The minimum absolute atomic E-state index is 0.0596. The zero-order chi connectivity index (χ0) is 21.2. The number of rotatable bonds is 5. The number of carbonyl (C=O) groups is 3. The van der Waals surface area contributed by atoms with E-state index >= 15 is 0 Å². The lowest BCUT2D eigenvalue weighted by Gasteiger charge is -2.37. The number of nitrogens with one attached hydrogen (secondary N) is 1. The third kappa shape index (κ3) is 4.71. The molecule has 1 aromatic carbocycles. The molecule has 2 fully saturated rings. The highest BCUT2D eigenvalue weighted by molar-refractivity contribution is 5.90. The van der Waals surface area contributed by atoms with E-state index in [0.29, 0.717) is 6.42 Å². The number of fused-ring (bicyclic) bond motifs is 1. The van der Waals surface area contributed by atoms with Gasteiger partial charge in [-0.3, -0.25) is 4.79 Å². The van der Waals surface area contributed by atoms with Crippen LogP contribution in [0.3, 0.4) is 0 Å². The van der Waals surface area contributed by atoms with Gasteiger partial charge in [0.2, 0.25) is 5.91 Å². The number of carbonyl (C=O) groups excluding carboxylic acids is 2. The first kappa shape index (κ1) is 21.1. The van der Waals surface area contributed by atoms with Gasteiger partial charge in [-0.2, -0.15) is 0 Å². The van der Waals surface area contributed by atoms with E-state index in [0.717, 1.165) is 24.8 Å². The first-order valence-corrected chi connectivity index (χ1v) is 10.2. The number of ether oxygens (including phenoxy) is 1. The molecular weight excluding hydrogens is 372 g/mol. The summed E-state index contributed by atoms with van der Waals surface area (Å²) in [5.41, 5.74) is 0.253. The summed E-state index contributed by atoms with van der Waals surface area (Å²) in [5.74, 6) is -1.09. The lowest BCUT2D eigenvalue weighted by Crippen LogP contribution is -2.58. The molecule has 1 unspecified atom stereocenters. The summed E-state index contributed by atoms with van der Waals surface area (Å²) in [4.78, 5) is 39.2. The fourth-order valence-corrected chi connectivity index (χ4v) is 4.51. The van der Waals surface area contributed by atoms with Gasteiger partial charge in [-0.25, -0.2) is 9.59 Å². The Morgan fingerprint density at radius 2 is 1.90 bits per heavy atom. The summed E-state index contributed by atoms with van der Waals surface area (Å²) in [6, 6.07) is 7.53. The lowest BCUT2D eigenvalue weighted by molar-refractivity contribution is -0.151. The summed E-state index contributed by atoms with van der Waals surface area (Å²) in [6.07, 6.45) is 2.57. The normalized spacial score (nSPS) is 24.7. The van der Waals surface area contributed by atoms with Crippen LogP contribution >= 0.6 is 0 Å². The predicted molar refractivity (Wildman–Crippen MR) is 107 cm³/mol. The molecule has 29 heavy (non-hydrogen) atoms. The van der Waals surface area contributed by atoms with Crippen molar-refractivity contribution >= 4 is 18.0 Å². The lowest BCUT2D eigenvalue weighted by atomic mass is 9.85. The summed E-state index contributed by atoms with van der Waals surface area (Å²) in [6.45, 7) is 5.66. The molecular formula is C22H30N2O5. The number of aliphatic carboxylic acids is 1. The topological polar surface area (TPSA) is 95.9 Å².